The van der Waals surface area contributed by atoms with E-state index < -0.39 is 0 Å². The molecule has 1 aromatic heterocycles. The highest BCUT2D eigenvalue weighted by molar-refractivity contribution is 5.84. The number of nitrogens with zero attached hydrogens (tertiary/aromatic N) is 3. The molecule has 7 heteroatoms. The number of likely N-dealkylation sites (N-methyl/N-ethyl adjacent to an activating group) is 1. The van der Waals surface area contributed by atoms with E-state index in [-0.39, 0.29) is 24.8 Å². The second-order valence-electron chi connectivity index (χ2n) is 5.11. The van der Waals surface area contributed by atoms with Gasteiger partial charge in [0.15, 0.2) is 0 Å². The molecular weight excluding hydrogens is 284 g/mol. The first-order valence-corrected chi connectivity index (χ1v) is 6.97. The van der Waals surface area contributed by atoms with Crippen LogP contribution in [0.15, 0.2) is 24.4 Å². The van der Waals surface area contributed by atoms with Crippen molar-refractivity contribution in [2.24, 2.45) is 0 Å². The highest BCUT2D eigenvalue weighted by Crippen LogP contribution is 2.20. The van der Waals surface area contributed by atoms with Crippen LogP contribution in [-0.2, 0) is 16.1 Å². The van der Waals surface area contributed by atoms with Crippen LogP contribution in [0.5, 0.6) is 5.75 Å². The lowest BCUT2D eigenvalue weighted by Crippen LogP contribution is -2.36. The number of rotatable bonds is 6. The first-order chi connectivity index (χ1) is 10.5. The van der Waals surface area contributed by atoms with Crippen LogP contribution >= 0.6 is 0 Å². The van der Waals surface area contributed by atoms with Crippen LogP contribution in [0.1, 0.15) is 6.42 Å². The quantitative estimate of drug-likeness (QED) is 0.849. The standard InChI is InChI=1S/C15H20N4O3/c1-18(2)15(21)10-16-14(20)6-7-19-13-5-4-12(22-3)8-11(13)9-17-19/h4-5,8-9H,6-7,10H2,1-3H3,(H,16,20). The van der Waals surface area contributed by atoms with Crippen LogP contribution in [0.4, 0.5) is 0 Å². The number of carbonyl (C=O) groups excluding carboxylic acids is 2. The molecule has 0 spiro atoms. The number of ether oxygens (including phenoxy) is 1. The highest BCUT2D eigenvalue weighted by Gasteiger charge is 2.09. The second kappa shape index (κ2) is 6.93. The van der Waals surface area contributed by atoms with E-state index in [4.69, 9.17) is 4.74 Å². The first kappa shape index (κ1) is 15.8. The Morgan fingerprint density at radius 3 is 2.82 bits per heavy atom. The molecule has 22 heavy (non-hydrogen) atoms. The van der Waals surface area contributed by atoms with E-state index in [1.165, 1.54) is 4.90 Å². The number of methoxy groups -OCH3 is 1. The Morgan fingerprint density at radius 1 is 1.36 bits per heavy atom. The second-order valence-corrected chi connectivity index (χ2v) is 5.11. The Morgan fingerprint density at radius 2 is 2.14 bits per heavy atom. The van der Waals surface area contributed by atoms with Crippen LogP contribution in [0, 0.1) is 0 Å². The van der Waals surface area contributed by atoms with Crippen LogP contribution < -0.4 is 10.1 Å². The minimum atomic E-state index is -0.174. The molecule has 0 saturated carbocycles. The van der Waals surface area contributed by atoms with E-state index in [2.05, 4.69) is 10.4 Å². The molecule has 2 aromatic rings. The number of hydrogen-bond acceptors (Lipinski definition) is 4. The molecule has 0 saturated heterocycles. The number of aryl methyl sites for hydroxylation is 1. The van der Waals surface area contributed by atoms with Gasteiger partial charge in [0.2, 0.25) is 11.8 Å². The molecule has 2 amide bonds. The molecule has 2 rings (SSSR count). The normalized spacial score (nSPS) is 10.5. The zero-order valence-corrected chi connectivity index (χ0v) is 13.0. The molecular formula is C15H20N4O3. The molecule has 0 radical (unpaired) electrons. The molecule has 0 atom stereocenters. The number of benzene rings is 1. The molecule has 0 fully saturated rings. The minimum Gasteiger partial charge on any atom is -0.497 e. The van der Waals surface area contributed by atoms with Gasteiger partial charge in [0, 0.05) is 25.9 Å². The molecule has 7 nitrogen and oxygen atoms in total. The maximum absolute atomic E-state index is 11.8. The Hall–Kier alpha value is -2.57. The van der Waals surface area contributed by atoms with Crippen molar-refractivity contribution in [2.75, 3.05) is 27.7 Å². The molecule has 118 valence electrons. The number of amides is 2. The SMILES string of the molecule is COc1ccc2c(cnn2CCC(=O)NCC(=O)N(C)C)c1. The smallest absolute Gasteiger partial charge is 0.241 e. The zero-order valence-electron chi connectivity index (χ0n) is 13.0. The number of hydrogen-bond donors (Lipinski definition) is 1. The summed E-state index contributed by atoms with van der Waals surface area (Å²) in [4.78, 5) is 24.6. The van der Waals surface area contributed by atoms with E-state index in [1.807, 2.05) is 18.2 Å². The number of aromatic nitrogens is 2. The Balaban J connectivity index is 1.91. The van der Waals surface area contributed by atoms with E-state index in [0.29, 0.717) is 6.54 Å². The maximum atomic E-state index is 11.8. The highest BCUT2D eigenvalue weighted by atomic mass is 16.5. The molecule has 0 aliphatic rings. The van der Waals surface area contributed by atoms with Crippen molar-refractivity contribution in [1.82, 2.24) is 20.0 Å². The van der Waals surface area contributed by atoms with Gasteiger partial charge in [-0.05, 0) is 18.2 Å². The Kier molecular flexibility index (Phi) is 4.98. The summed E-state index contributed by atoms with van der Waals surface area (Å²) in [5.74, 6) is 0.462. The van der Waals surface area contributed by atoms with Gasteiger partial charge >= 0.3 is 0 Å². The fraction of sp³-hybridized carbons (Fsp3) is 0.400. The lowest BCUT2D eigenvalue weighted by atomic mass is 10.2. The van der Waals surface area contributed by atoms with Gasteiger partial charge < -0.3 is 15.0 Å². The van der Waals surface area contributed by atoms with Crippen LogP contribution in [0.25, 0.3) is 10.9 Å². The third kappa shape index (κ3) is 3.75. The Bertz CT molecular complexity index is 678. The minimum absolute atomic E-state index is 0.0168. The van der Waals surface area contributed by atoms with Gasteiger partial charge in [-0.25, -0.2) is 0 Å². The van der Waals surface area contributed by atoms with Crippen molar-refractivity contribution in [3.05, 3.63) is 24.4 Å². The largest absolute Gasteiger partial charge is 0.497 e. The summed E-state index contributed by atoms with van der Waals surface area (Å²) in [7, 11) is 4.92. The fourth-order valence-electron chi connectivity index (χ4n) is 2.00. The molecule has 0 aliphatic heterocycles. The third-order valence-corrected chi connectivity index (χ3v) is 3.34. The van der Waals surface area contributed by atoms with E-state index in [0.717, 1.165) is 16.7 Å². The van der Waals surface area contributed by atoms with Crippen LogP contribution in [0.2, 0.25) is 0 Å². The van der Waals surface area contributed by atoms with Gasteiger partial charge in [-0.15, -0.1) is 0 Å². The molecule has 0 unspecified atom stereocenters. The number of carbonyl (C=O) groups is 2. The average Bonchev–Trinajstić information content (AvgIpc) is 2.92. The van der Waals surface area contributed by atoms with Crippen molar-refractivity contribution >= 4 is 22.7 Å². The molecule has 1 N–H and O–H groups in total. The topological polar surface area (TPSA) is 76.5 Å². The van der Waals surface area contributed by atoms with Gasteiger partial charge in [0.25, 0.3) is 0 Å². The monoisotopic (exact) mass is 304 g/mol. The Labute approximate surface area is 128 Å². The van der Waals surface area contributed by atoms with Crippen molar-refractivity contribution in [2.45, 2.75) is 13.0 Å². The third-order valence-electron chi connectivity index (χ3n) is 3.34. The lowest BCUT2D eigenvalue weighted by Gasteiger charge is -2.11. The first-order valence-electron chi connectivity index (χ1n) is 6.97. The van der Waals surface area contributed by atoms with E-state index in [1.54, 1.807) is 32.1 Å². The van der Waals surface area contributed by atoms with Gasteiger partial charge in [-0.1, -0.05) is 0 Å². The van der Waals surface area contributed by atoms with Gasteiger partial charge in [0.1, 0.15) is 5.75 Å². The maximum Gasteiger partial charge on any atom is 0.241 e. The summed E-state index contributed by atoms with van der Waals surface area (Å²) in [6.45, 7) is 0.473. The van der Waals surface area contributed by atoms with Gasteiger partial charge in [-0.2, -0.15) is 5.10 Å². The predicted molar refractivity (Wildman–Crippen MR) is 82.6 cm³/mol. The molecule has 0 bridgehead atoms. The number of nitrogens with one attached hydrogen (secondary N) is 1. The van der Waals surface area contributed by atoms with Gasteiger partial charge in [-0.3, -0.25) is 14.3 Å². The van der Waals surface area contributed by atoms with Crippen molar-refractivity contribution in [3.8, 4) is 5.75 Å². The summed E-state index contributed by atoms with van der Waals surface area (Å²) in [6, 6.07) is 5.67. The van der Waals surface area contributed by atoms with Crippen LogP contribution in [-0.4, -0.2) is 54.2 Å². The summed E-state index contributed by atoms with van der Waals surface area (Å²) in [6.07, 6.45) is 2.01. The molecule has 1 heterocycles. The van der Waals surface area contributed by atoms with E-state index >= 15 is 0 Å². The fourth-order valence-corrected chi connectivity index (χ4v) is 2.00. The summed E-state index contributed by atoms with van der Waals surface area (Å²) >= 11 is 0. The van der Waals surface area contributed by atoms with Crippen LogP contribution in [0.3, 0.4) is 0 Å². The summed E-state index contributed by atoms with van der Waals surface area (Å²) in [5.41, 5.74) is 0.943. The van der Waals surface area contributed by atoms with Crippen molar-refractivity contribution in [1.29, 1.82) is 0 Å². The molecule has 0 aliphatic carbocycles. The van der Waals surface area contributed by atoms with Crippen molar-refractivity contribution < 1.29 is 14.3 Å². The zero-order chi connectivity index (χ0) is 16.1. The van der Waals surface area contributed by atoms with Gasteiger partial charge in [0.05, 0.1) is 31.9 Å². The summed E-state index contributed by atoms with van der Waals surface area (Å²) < 4.78 is 6.93. The number of fused-ring (bicyclic) bond motifs is 1. The predicted octanol–water partition coefficient (Wildman–Crippen LogP) is 0.639. The van der Waals surface area contributed by atoms with Crippen molar-refractivity contribution in [3.63, 3.8) is 0 Å². The summed E-state index contributed by atoms with van der Waals surface area (Å²) in [5, 5.41) is 7.83. The molecule has 1 aromatic carbocycles. The van der Waals surface area contributed by atoms with E-state index in [9.17, 15) is 9.59 Å². The average molecular weight is 304 g/mol. The lowest BCUT2D eigenvalue weighted by molar-refractivity contribution is -0.130.